The van der Waals surface area contributed by atoms with Crippen molar-refractivity contribution in [2.75, 3.05) is 0 Å². The first-order chi connectivity index (χ1) is 9.58. The van der Waals surface area contributed by atoms with E-state index in [1.165, 1.54) is 0 Å². The molecule has 0 aliphatic carbocycles. The van der Waals surface area contributed by atoms with Crippen LogP contribution in [0.2, 0.25) is 10.0 Å². The summed E-state index contributed by atoms with van der Waals surface area (Å²) in [6, 6.07) is 12.8. The first-order valence-corrected chi connectivity index (χ1v) is 6.69. The molecule has 20 heavy (non-hydrogen) atoms. The molecule has 0 fully saturated rings. The topological polar surface area (TPSA) is 46.5 Å². The van der Waals surface area contributed by atoms with Gasteiger partial charge in [-0.3, -0.25) is 4.79 Å². The minimum Gasteiger partial charge on any atom is -0.487 e. The molecule has 0 radical (unpaired) electrons. The van der Waals surface area contributed by atoms with Gasteiger partial charge in [0.15, 0.2) is 0 Å². The van der Waals surface area contributed by atoms with E-state index in [9.17, 15) is 4.79 Å². The molecule has 2 aromatic rings. The van der Waals surface area contributed by atoms with Gasteiger partial charge < -0.3 is 9.84 Å². The summed E-state index contributed by atoms with van der Waals surface area (Å²) in [6.45, 7) is 0.356. The average molecular weight is 311 g/mol. The lowest BCUT2D eigenvalue weighted by atomic mass is 10.1. The number of carbonyl (C=O) groups is 1. The predicted molar refractivity (Wildman–Crippen MR) is 78.6 cm³/mol. The molecule has 0 bridgehead atoms. The average Bonchev–Trinajstić information content (AvgIpc) is 2.43. The van der Waals surface area contributed by atoms with Crippen LogP contribution >= 0.6 is 23.2 Å². The summed E-state index contributed by atoms with van der Waals surface area (Å²) in [4.78, 5) is 10.8. The lowest BCUT2D eigenvalue weighted by molar-refractivity contribution is -0.136. The minimum atomic E-state index is -0.992. The monoisotopic (exact) mass is 310 g/mol. The van der Waals surface area contributed by atoms with E-state index in [0.29, 0.717) is 22.9 Å². The second-order valence-electron chi connectivity index (χ2n) is 4.18. The molecule has 2 aromatic carbocycles. The number of hydrogen-bond acceptors (Lipinski definition) is 2. The third kappa shape index (κ3) is 3.65. The van der Waals surface area contributed by atoms with Gasteiger partial charge in [0.05, 0.1) is 11.4 Å². The third-order valence-electron chi connectivity index (χ3n) is 2.72. The molecule has 2 rings (SSSR count). The molecule has 0 spiro atoms. The van der Waals surface area contributed by atoms with E-state index >= 15 is 0 Å². The van der Waals surface area contributed by atoms with Gasteiger partial charge in [0, 0.05) is 10.6 Å². The van der Waals surface area contributed by atoms with Crippen molar-refractivity contribution in [1.29, 1.82) is 0 Å². The summed E-state index contributed by atoms with van der Waals surface area (Å²) in [7, 11) is 0. The number of rotatable bonds is 5. The molecule has 0 unspecified atom stereocenters. The smallest absolute Gasteiger partial charge is 0.307 e. The molecule has 0 saturated heterocycles. The van der Waals surface area contributed by atoms with Crippen LogP contribution in [0, 0.1) is 0 Å². The van der Waals surface area contributed by atoms with E-state index in [1.807, 2.05) is 30.3 Å². The van der Waals surface area contributed by atoms with Gasteiger partial charge in [-0.2, -0.15) is 0 Å². The molecule has 0 aliphatic rings. The first-order valence-electron chi connectivity index (χ1n) is 5.93. The van der Waals surface area contributed by atoms with Gasteiger partial charge in [-0.05, 0) is 17.7 Å². The Morgan fingerprint density at radius 2 is 1.80 bits per heavy atom. The van der Waals surface area contributed by atoms with Gasteiger partial charge in [-0.1, -0.05) is 53.5 Å². The van der Waals surface area contributed by atoms with Crippen LogP contribution in [0.25, 0.3) is 0 Å². The van der Waals surface area contributed by atoms with Crippen LogP contribution in [-0.4, -0.2) is 11.1 Å². The van der Waals surface area contributed by atoms with Gasteiger partial charge in [0.1, 0.15) is 12.4 Å². The highest BCUT2D eigenvalue weighted by atomic mass is 35.5. The molecular weight excluding hydrogens is 299 g/mol. The Bertz CT molecular complexity index is 612. The van der Waals surface area contributed by atoms with Gasteiger partial charge in [-0.25, -0.2) is 0 Å². The van der Waals surface area contributed by atoms with E-state index in [2.05, 4.69) is 0 Å². The fourth-order valence-electron chi connectivity index (χ4n) is 1.74. The molecular formula is C15H12Cl2O3. The van der Waals surface area contributed by atoms with E-state index < -0.39 is 5.97 Å². The number of carboxylic acid groups (broad SMARTS) is 1. The maximum absolute atomic E-state index is 10.8. The fraction of sp³-hybridized carbons (Fsp3) is 0.133. The van der Waals surface area contributed by atoms with Crippen molar-refractivity contribution in [3.05, 3.63) is 63.6 Å². The van der Waals surface area contributed by atoms with Crippen LogP contribution in [-0.2, 0) is 17.8 Å². The van der Waals surface area contributed by atoms with E-state index in [4.69, 9.17) is 33.0 Å². The van der Waals surface area contributed by atoms with Crippen LogP contribution in [0.3, 0.4) is 0 Å². The van der Waals surface area contributed by atoms with Crippen LogP contribution in [0.15, 0.2) is 42.5 Å². The van der Waals surface area contributed by atoms with Crippen molar-refractivity contribution in [3.63, 3.8) is 0 Å². The largest absolute Gasteiger partial charge is 0.487 e. The lowest BCUT2D eigenvalue weighted by Crippen LogP contribution is -2.03. The number of halogens is 2. The SMILES string of the molecule is O=C(O)Cc1c(Cl)ccc(OCc2ccccc2)c1Cl. The molecule has 0 amide bonds. The van der Waals surface area contributed by atoms with Gasteiger partial charge in [-0.15, -0.1) is 0 Å². The predicted octanol–water partition coefficient (Wildman–Crippen LogP) is 4.20. The van der Waals surface area contributed by atoms with Crippen molar-refractivity contribution in [1.82, 2.24) is 0 Å². The van der Waals surface area contributed by atoms with Crippen molar-refractivity contribution in [2.24, 2.45) is 0 Å². The minimum absolute atomic E-state index is 0.236. The molecule has 0 heterocycles. The maximum Gasteiger partial charge on any atom is 0.307 e. The summed E-state index contributed by atoms with van der Waals surface area (Å²) in [5, 5.41) is 9.43. The second-order valence-corrected chi connectivity index (χ2v) is 4.97. The molecule has 0 aliphatic heterocycles. The lowest BCUT2D eigenvalue weighted by Gasteiger charge is -2.12. The number of aliphatic carboxylic acids is 1. The van der Waals surface area contributed by atoms with Crippen molar-refractivity contribution in [2.45, 2.75) is 13.0 Å². The highest BCUT2D eigenvalue weighted by molar-refractivity contribution is 6.37. The van der Waals surface area contributed by atoms with Crippen molar-refractivity contribution in [3.8, 4) is 5.75 Å². The van der Waals surface area contributed by atoms with E-state index in [1.54, 1.807) is 12.1 Å². The van der Waals surface area contributed by atoms with E-state index in [-0.39, 0.29) is 11.4 Å². The molecule has 0 aromatic heterocycles. The highest BCUT2D eigenvalue weighted by Crippen LogP contribution is 2.34. The zero-order valence-corrected chi connectivity index (χ0v) is 12.0. The fourth-order valence-corrected chi connectivity index (χ4v) is 2.30. The second kappa shape index (κ2) is 6.64. The summed E-state index contributed by atoms with van der Waals surface area (Å²) in [5.41, 5.74) is 1.37. The summed E-state index contributed by atoms with van der Waals surface area (Å²) >= 11 is 12.1. The Balaban J connectivity index is 2.18. The summed E-state index contributed by atoms with van der Waals surface area (Å²) in [5.74, 6) is -0.565. The summed E-state index contributed by atoms with van der Waals surface area (Å²) in [6.07, 6.45) is -0.236. The van der Waals surface area contributed by atoms with E-state index in [0.717, 1.165) is 5.56 Å². The Labute approximate surface area is 126 Å². The normalized spacial score (nSPS) is 10.3. The zero-order chi connectivity index (χ0) is 14.5. The standard InChI is InChI=1S/C15H12Cl2O3/c16-12-6-7-13(15(17)11(12)8-14(18)19)20-9-10-4-2-1-3-5-10/h1-7H,8-9H2,(H,18,19). The van der Waals surface area contributed by atoms with Crippen LogP contribution in [0.1, 0.15) is 11.1 Å². The van der Waals surface area contributed by atoms with Gasteiger partial charge in [0.25, 0.3) is 0 Å². The number of benzene rings is 2. The van der Waals surface area contributed by atoms with Crippen molar-refractivity contribution < 1.29 is 14.6 Å². The van der Waals surface area contributed by atoms with Crippen molar-refractivity contribution >= 4 is 29.2 Å². The zero-order valence-electron chi connectivity index (χ0n) is 10.5. The Morgan fingerprint density at radius 1 is 1.10 bits per heavy atom. The maximum atomic E-state index is 10.8. The number of ether oxygens (including phenoxy) is 1. The van der Waals surface area contributed by atoms with Crippen LogP contribution < -0.4 is 4.74 Å². The molecule has 5 heteroatoms. The quantitative estimate of drug-likeness (QED) is 0.900. The van der Waals surface area contributed by atoms with Crippen LogP contribution in [0.5, 0.6) is 5.75 Å². The Hall–Kier alpha value is -1.71. The Morgan fingerprint density at radius 3 is 2.45 bits per heavy atom. The number of hydrogen-bond donors (Lipinski definition) is 1. The highest BCUT2D eigenvalue weighted by Gasteiger charge is 2.14. The molecule has 104 valence electrons. The number of carboxylic acids is 1. The van der Waals surface area contributed by atoms with Crippen LogP contribution in [0.4, 0.5) is 0 Å². The molecule has 1 N–H and O–H groups in total. The Kier molecular flexibility index (Phi) is 4.88. The molecule has 3 nitrogen and oxygen atoms in total. The van der Waals surface area contributed by atoms with Gasteiger partial charge >= 0.3 is 5.97 Å². The third-order valence-corrected chi connectivity index (χ3v) is 3.48. The van der Waals surface area contributed by atoms with Gasteiger partial charge in [0.2, 0.25) is 0 Å². The molecule has 0 atom stereocenters. The molecule has 0 saturated carbocycles. The summed E-state index contributed by atoms with van der Waals surface area (Å²) < 4.78 is 5.62. The first kappa shape index (κ1) is 14.7.